The van der Waals surface area contributed by atoms with E-state index in [2.05, 4.69) is 0 Å². The van der Waals surface area contributed by atoms with Crippen LogP contribution in [-0.2, 0) is 4.79 Å². The second-order valence-corrected chi connectivity index (χ2v) is 7.29. The molecule has 0 bridgehead atoms. The van der Waals surface area contributed by atoms with Gasteiger partial charge in [0.05, 0.1) is 20.6 Å². The third kappa shape index (κ3) is 3.15. The van der Waals surface area contributed by atoms with Crippen molar-refractivity contribution in [1.29, 1.82) is 0 Å². The van der Waals surface area contributed by atoms with E-state index in [0.717, 1.165) is 16.7 Å². The predicted molar refractivity (Wildman–Crippen MR) is 100 cm³/mol. The van der Waals surface area contributed by atoms with E-state index < -0.39 is 11.7 Å². The summed E-state index contributed by atoms with van der Waals surface area (Å²) in [5.41, 5.74) is 0.627. The normalized spacial score (nSPS) is 16.3. The molecule has 0 saturated carbocycles. The maximum Gasteiger partial charge on any atom is 0.270 e. The van der Waals surface area contributed by atoms with E-state index in [0.29, 0.717) is 10.5 Å². The number of para-hydroxylation sites is 1. The van der Waals surface area contributed by atoms with Crippen molar-refractivity contribution in [3.05, 3.63) is 62.7 Å². The molecule has 2 aromatic carbocycles. The van der Waals surface area contributed by atoms with Gasteiger partial charge in [0.25, 0.3) is 5.91 Å². The molecule has 122 valence electrons. The average Bonchev–Trinajstić information content (AvgIpc) is 2.80. The lowest BCUT2D eigenvalue weighted by Gasteiger charge is -2.14. The van der Waals surface area contributed by atoms with Gasteiger partial charge in [-0.05, 0) is 35.9 Å². The highest BCUT2D eigenvalue weighted by atomic mass is 35.5. The van der Waals surface area contributed by atoms with Gasteiger partial charge in [-0.3, -0.25) is 9.69 Å². The number of anilines is 1. The monoisotopic (exact) mass is 399 g/mol. The molecule has 1 saturated heterocycles. The van der Waals surface area contributed by atoms with Crippen molar-refractivity contribution < 1.29 is 14.3 Å². The molecule has 24 heavy (non-hydrogen) atoms. The van der Waals surface area contributed by atoms with E-state index in [-0.39, 0.29) is 25.8 Å². The number of phenols is 1. The fourth-order valence-electron chi connectivity index (χ4n) is 2.13. The Morgan fingerprint density at radius 3 is 2.46 bits per heavy atom. The van der Waals surface area contributed by atoms with Crippen molar-refractivity contribution >= 4 is 69.2 Å². The number of carbonyl (C=O) groups is 1. The highest BCUT2D eigenvalue weighted by Crippen LogP contribution is 2.38. The Morgan fingerprint density at radius 2 is 1.83 bits per heavy atom. The standard InChI is InChI=1S/C16H8Cl2FNO2S2/c17-9-5-8(6-10(18)14(9)21)7-13-15(22)20(16(23)24-13)12-4-2-1-3-11(12)19/h1-7,21H/b13-7-. The largest absolute Gasteiger partial charge is 0.505 e. The van der Waals surface area contributed by atoms with Crippen LogP contribution in [0.3, 0.4) is 0 Å². The fraction of sp³-hybridized carbons (Fsp3) is 0. The first-order valence-electron chi connectivity index (χ1n) is 6.59. The highest BCUT2D eigenvalue weighted by molar-refractivity contribution is 8.27. The molecule has 0 atom stereocenters. The van der Waals surface area contributed by atoms with Crippen molar-refractivity contribution in [3.63, 3.8) is 0 Å². The summed E-state index contributed by atoms with van der Waals surface area (Å²) in [5.74, 6) is -1.20. The van der Waals surface area contributed by atoms with Gasteiger partial charge in [-0.25, -0.2) is 4.39 Å². The van der Waals surface area contributed by atoms with Crippen LogP contribution < -0.4 is 4.90 Å². The molecule has 1 heterocycles. The minimum atomic E-state index is -0.536. The van der Waals surface area contributed by atoms with Crippen molar-refractivity contribution in [3.8, 4) is 5.75 Å². The first-order valence-corrected chi connectivity index (χ1v) is 8.57. The van der Waals surface area contributed by atoms with E-state index >= 15 is 0 Å². The van der Waals surface area contributed by atoms with Crippen LogP contribution in [0.15, 0.2) is 41.3 Å². The minimum absolute atomic E-state index is 0.0679. The summed E-state index contributed by atoms with van der Waals surface area (Å²) in [6.45, 7) is 0. The van der Waals surface area contributed by atoms with E-state index in [1.807, 2.05) is 0 Å². The number of rotatable bonds is 2. The van der Waals surface area contributed by atoms with Crippen molar-refractivity contribution in [1.82, 2.24) is 0 Å². The van der Waals surface area contributed by atoms with Crippen LogP contribution in [0.1, 0.15) is 5.56 Å². The zero-order valence-corrected chi connectivity index (χ0v) is 14.9. The number of thioether (sulfide) groups is 1. The number of amides is 1. The van der Waals surface area contributed by atoms with Crippen LogP contribution in [0.5, 0.6) is 5.75 Å². The van der Waals surface area contributed by atoms with Gasteiger partial charge in [-0.15, -0.1) is 0 Å². The smallest absolute Gasteiger partial charge is 0.270 e. The number of hydrogen-bond acceptors (Lipinski definition) is 4. The van der Waals surface area contributed by atoms with E-state index in [9.17, 15) is 14.3 Å². The Kier molecular flexibility index (Phi) is 4.83. The Labute approximate surface area is 156 Å². The third-order valence-electron chi connectivity index (χ3n) is 3.22. The quantitative estimate of drug-likeness (QED) is 0.553. The molecule has 0 spiro atoms. The Morgan fingerprint density at radius 1 is 1.21 bits per heavy atom. The molecule has 0 aromatic heterocycles. The van der Waals surface area contributed by atoms with Crippen LogP contribution in [0.25, 0.3) is 6.08 Å². The second-order valence-electron chi connectivity index (χ2n) is 4.80. The number of benzene rings is 2. The number of phenolic OH excluding ortho intramolecular Hbond substituents is 1. The predicted octanol–water partition coefficient (Wildman–Crippen LogP) is 5.24. The summed E-state index contributed by atoms with van der Waals surface area (Å²) in [6.07, 6.45) is 1.54. The number of halogens is 3. The van der Waals surface area contributed by atoms with Gasteiger partial charge in [0.2, 0.25) is 0 Å². The number of nitrogens with zero attached hydrogens (tertiary/aromatic N) is 1. The summed E-state index contributed by atoms with van der Waals surface area (Å²) in [7, 11) is 0. The minimum Gasteiger partial charge on any atom is -0.505 e. The summed E-state index contributed by atoms with van der Waals surface area (Å²) < 4.78 is 14.2. The van der Waals surface area contributed by atoms with Crippen LogP contribution in [0, 0.1) is 5.82 Å². The molecule has 1 aliphatic rings. The summed E-state index contributed by atoms with van der Waals surface area (Å²) in [5, 5.41) is 9.72. The van der Waals surface area contributed by atoms with Gasteiger partial charge >= 0.3 is 0 Å². The van der Waals surface area contributed by atoms with Gasteiger partial charge in [-0.2, -0.15) is 0 Å². The third-order valence-corrected chi connectivity index (χ3v) is 5.10. The zero-order chi connectivity index (χ0) is 17.4. The SMILES string of the molecule is O=C1/C(=C/c2cc(Cl)c(O)c(Cl)c2)SC(=S)N1c1ccccc1F. The average molecular weight is 400 g/mol. The molecule has 3 rings (SSSR count). The van der Waals surface area contributed by atoms with Crippen LogP contribution in [0.2, 0.25) is 10.0 Å². The lowest BCUT2D eigenvalue weighted by molar-refractivity contribution is -0.113. The molecule has 0 radical (unpaired) electrons. The van der Waals surface area contributed by atoms with Crippen molar-refractivity contribution in [2.45, 2.75) is 0 Å². The number of carbonyl (C=O) groups excluding carboxylic acids is 1. The number of aromatic hydroxyl groups is 1. The molecule has 1 amide bonds. The molecule has 8 heteroatoms. The first-order chi connectivity index (χ1) is 11.4. The Hall–Kier alpha value is -1.60. The lowest BCUT2D eigenvalue weighted by Crippen LogP contribution is -2.28. The van der Waals surface area contributed by atoms with E-state index in [4.69, 9.17) is 35.4 Å². The topological polar surface area (TPSA) is 40.5 Å². The molecule has 1 fully saturated rings. The maximum absolute atomic E-state index is 13.9. The Bertz CT molecular complexity index is 878. The highest BCUT2D eigenvalue weighted by Gasteiger charge is 2.34. The van der Waals surface area contributed by atoms with Crippen LogP contribution in [0.4, 0.5) is 10.1 Å². The van der Waals surface area contributed by atoms with E-state index in [1.54, 1.807) is 6.07 Å². The van der Waals surface area contributed by atoms with Crippen molar-refractivity contribution in [2.75, 3.05) is 4.90 Å². The number of hydrogen-bond donors (Lipinski definition) is 1. The lowest BCUT2D eigenvalue weighted by atomic mass is 10.2. The fourth-order valence-corrected chi connectivity index (χ4v) is 3.92. The van der Waals surface area contributed by atoms with Gasteiger partial charge in [-0.1, -0.05) is 59.3 Å². The molecule has 1 N–H and O–H groups in total. The van der Waals surface area contributed by atoms with Gasteiger partial charge in [0.15, 0.2) is 10.1 Å². The maximum atomic E-state index is 13.9. The Balaban J connectivity index is 1.99. The van der Waals surface area contributed by atoms with Crippen LogP contribution >= 0.6 is 47.2 Å². The molecule has 3 nitrogen and oxygen atoms in total. The van der Waals surface area contributed by atoms with Gasteiger partial charge in [0.1, 0.15) is 5.82 Å². The zero-order valence-electron chi connectivity index (χ0n) is 11.8. The van der Waals surface area contributed by atoms with Gasteiger partial charge < -0.3 is 5.11 Å². The second kappa shape index (κ2) is 6.72. The summed E-state index contributed by atoms with van der Waals surface area (Å²) in [6, 6.07) is 8.85. The van der Waals surface area contributed by atoms with Crippen LogP contribution in [-0.4, -0.2) is 15.3 Å². The van der Waals surface area contributed by atoms with E-state index in [1.165, 1.54) is 36.4 Å². The number of thiocarbonyl (C=S) groups is 1. The first kappa shape index (κ1) is 17.2. The van der Waals surface area contributed by atoms with Gasteiger partial charge in [0, 0.05) is 0 Å². The molecule has 1 aliphatic heterocycles. The summed E-state index contributed by atoms with van der Waals surface area (Å²) in [4.78, 5) is 14.0. The molecule has 0 unspecified atom stereocenters. The van der Waals surface area contributed by atoms with Crippen molar-refractivity contribution in [2.24, 2.45) is 0 Å². The molecule has 0 aliphatic carbocycles. The summed E-state index contributed by atoms with van der Waals surface area (Å²) >= 11 is 18.0. The molecular formula is C16H8Cl2FNO2S2. The molecular weight excluding hydrogens is 392 g/mol. The molecule has 2 aromatic rings.